The number of nitrogens with zero attached hydrogens (tertiary/aromatic N) is 6. The number of nitrogens with one attached hydrogen (secondary N) is 1. The second-order valence-electron chi connectivity index (χ2n) is 14.6. The van der Waals surface area contributed by atoms with Gasteiger partial charge in [-0.2, -0.15) is 5.26 Å². The molecule has 13 nitrogen and oxygen atoms in total. The van der Waals surface area contributed by atoms with Gasteiger partial charge in [0.2, 0.25) is 0 Å². The minimum atomic E-state index is -1.81. The van der Waals surface area contributed by atoms with Crippen LogP contribution in [0.25, 0.3) is 11.2 Å². The molecule has 0 spiro atoms. The number of aliphatic hydroxyl groups excluding tert-OH is 1. The van der Waals surface area contributed by atoms with Gasteiger partial charge in [-0.1, -0.05) is 109 Å². The van der Waals surface area contributed by atoms with Gasteiger partial charge in [-0.25, -0.2) is 19.6 Å². The van der Waals surface area contributed by atoms with Crippen LogP contribution in [-0.4, -0.2) is 78.8 Å². The summed E-state index contributed by atoms with van der Waals surface area (Å²) in [5.41, 5.74) is 2.73. The molecular weight excluding hydrogens is 766 g/mol. The predicted octanol–water partition coefficient (Wildman–Crippen LogP) is 8.01. The highest BCUT2D eigenvalue weighted by molar-refractivity contribution is 7.44. The van der Waals surface area contributed by atoms with Gasteiger partial charge in [0.25, 0.3) is 14.4 Å². The van der Waals surface area contributed by atoms with Crippen molar-refractivity contribution in [3.8, 4) is 6.07 Å². The van der Waals surface area contributed by atoms with E-state index in [1.165, 1.54) is 12.7 Å². The molecule has 1 amide bonds. The van der Waals surface area contributed by atoms with Gasteiger partial charge < -0.3 is 28.9 Å². The lowest BCUT2D eigenvalue weighted by Gasteiger charge is -2.39. The zero-order valence-electron chi connectivity index (χ0n) is 33.4. The van der Waals surface area contributed by atoms with Gasteiger partial charge in [-0.3, -0.25) is 9.36 Å². The van der Waals surface area contributed by atoms with Crippen LogP contribution < -0.4 is 5.32 Å². The second-order valence-corrected chi connectivity index (χ2v) is 16.0. The molecule has 1 aliphatic rings. The van der Waals surface area contributed by atoms with E-state index in [2.05, 4.69) is 58.7 Å². The fraction of sp³-hybridized carbons (Fsp3) is 0.311. The number of rotatable bonds is 17. The van der Waals surface area contributed by atoms with Crippen molar-refractivity contribution in [3.63, 3.8) is 0 Å². The summed E-state index contributed by atoms with van der Waals surface area (Å²) >= 11 is 0. The Morgan fingerprint density at radius 2 is 1.44 bits per heavy atom. The summed E-state index contributed by atoms with van der Waals surface area (Å²) in [6.45, 7) is 8.33. The topological polar surface area (TPSA) is 157 Å². The summed E-state index contributed by atoms with van der Waals surface area (Å²) in [6.07, 6.45) is -1.15. The lowest BCUT2D eigenvalue weighted by molar-refractivity contribution is -0.0928. The first kappa shape index (κ1) is 41.7. The average Bonchev–Trinajstić information content (AvgIpc) is 3.83. The number of imidazole rings is 1. The van der Waals surface area contributed by atoms with Crippen molar-refractivity contribution < 1.29 is 28.4 Å². The third-order valence-electron chi connectivity index (χ3n) is 10.1. The number of benzene rings is 4. The molecule has 0 aliphatic carbocycles. The van der Waals surface area contributed by atoms with Crippen LogP contribution in [0.3, 0.4) is 0 Å². The molecule has 1 unspecified atom stereocenters. The number of nitriles is 1. The van der Waals surface area contributed by atoms with Crippen LogP contribution in [0.2, 0.25) is 0 Å². The number of ether oxygens (including phenoxy) is 2. The van der Waals surface area contributed by atoms with E-state index in [1.54, 1.807) is 28.8 Å². The molecule has 1 aliphatic heterocycles. The lowest BCUT2D eigenvalue weighted by atomic mass is 9.80. The second kappa shape index (κ2) is 19.1. The highest BCUT2D eigenvalue weighted by Gasteiger charge is 2.50. The predicted molar refractivity (Wildman–Crippen MR) is 225 cm³/mol. The third kappa shape index (κ3) is 8.95. The molecule has 304 valence electrons. The molecule has 0 bridgehead atoms. The van der Waals surface area contributed by atoms with Gasteiger partial charge >= 0.3 is 0 Å². The van der Waals surface area contributed by atoms with Crippen molar-refractivity contribution in [1.29, 1.82) is 5.26 Å². The minimum Gasteiger partial charge on any atom is -0.386 e. The highest BCUT2D eigenvalue weighted by atomic mass is 31.2. The van der Waals surface area contributed by atoms with Crippen molar-refractivity contribution in [2.75, 3.05) is 18.5 Å². The van der Waals surface area contributed by atoms with Crippen molar-refractivity contribution in [2.24, 2.45) is 0 Å². The molecule has 14 heteroatoms. The van der Waals surface area contributed by atoms with E-state index in [0.29, 0.717) is 16.7 Å². The molecular formula is C45H48N7O6P. The van der Waals surface area contributed by atoms with Crippen molar-refractivity contribution in [2.45, 2.75) is 76.3 Å². The van der Waals surface area contributed by atoms with Gasteiger partial charge in [-0.05, 0) is 56.5 Å². The maximum Gasteiger partial charge on any atom is 0.259 e. The summed E-state index contributed by atoms with van der Waals surface area (Å²) in [5.74, 6) is -0.147. The van der Waals surface area contributed by atoms with E-state index in [4.69, 9.17) is 18.5 Å². The van der Waals surface area contributed by atoms with Crippen molar-refractivity contribution in [1.82, 2.24) is 24.2 Å². The molecule has 4 aromatic carbocycles. The SMILES string of the molecule is CC(C)N(C(C)C)P(OCCC#N)O[C@H]1[C@@H](O)[C@H](n2cnc3c(NC(=O)c4ccccc4)ncnc32)O[C@@H]1COC(c1ccccc1)(c1ccccc1)c1ccccc1. The molecule has 59 heavy (non-hydrogen) atoms. The zero-order valence-corrected chi connectivity index (χ0v) is 34.3. The Balaban J connectivity index is 1.28. The number of amides is 1. The van der Waals surface area contributed by atoms with Gasteiger partial charge in [0.05, 0.1) is 32.0 Å². The van der Waals surface area contributed by atoms with Crippen LogP contribution >= 0.6 is 8.53 Å². The molecule has 0 saturated carbocycles. The summed E-state index contributed by atoms with van der Waals surface area (Å²) in [6, 6.07) is 41.0. The molecule has 1 saturated heterocycles. The summed E-state index contributed by atoms with van der Waals surface area (Å²) < 4.78 is 31.0. The van der Waals surface area contributed by atoms with Crippen LogP contribution in [0, 0.1) is 11.3 Å². The molecule has 3 heterocycles. The van der Waals surface area contributed by atoms with Gasteiger partial charge in [0.15, 0.2) is 23.2 Å². The standard InChI is InChI=1S/C45H48N7O6P/c1-31(2)52(32(3)4)59(56-27-17-26-46)58-40-37(28-55-45(34-20-11-6-12-21-34,35-22-13-7-14-23-35)36-24-15-8-16-25-36)57-44(39(40)53)51-30-49-38-41(47-29-48-42(38)51)50-43(54)33-18-9-5-10-19-33/h5-16,18-25,29-32,37,39-40,44,53H,17,27-28H2,1-4H3,(H,47,48,50,54)/t37-,39-,40-,44-,59?/m1/s1. The summed E-state index contributed by atoms with van der Waals surface area (Å²) in [4.78, 5) is 26.6. The number of anilines is 1. The third-order valence-corrected chi connectivity index (χ3v) is 12.2. The highest BCUT2D eigenvalue weighted by Crippen LogP contribution is 2.51. The van der Waals surface area contributed by atoms with E-state index in [-0.39, 0.29) is 43.4 Å². The average molecular weight is 814 g/mol. The Kier molecular flexibility index (Phi) is 13.5. The number of hydrogen-bond acceptors (Lipinski definition) is 11. The largest absolute Gasteiger partial charge is 0.386 e. The Bertz CT molecular complexity index is 2210. The van der Waals surface area contributed by atoms with Crippen LogP contribution in [-0.2, 0) is 24.1 Å². The quantitative estimate of drug-likeness (QED) is 0.0523. The normalized spacial score (nSPS) is 18.7. The Hall–Kier alpha value is -5.42. The number of carbonyl (C=O) groups is 1. The van der Waals surface area contributed by atoms with Crippen molar-refractivity contribution >= 4 is 31.4 Å². The lowest BCUT2D eigenvalue weighted by Crippen LogP contribution is -2.42. The van der Waals surface area contributed by atoms with Gasteiger partial charge in [-0.15, -0.1) is 0 Å². The monoisotopic (exact) mass is 813 g/mol. The first-order chi connectivity index (χ1) is 28.7. The number of carbonyl (C=O) groups excluding carboxylic acids is 1. The van der Waals surface area contributed by atoms with Crippen LogP contribution in [0.15, 0.2) is 134 Å². The van der Waals surface area contributed by atoms with Crippen LogP contribution in [0.5, 0.6) is 0 Å². The molecule has 6 aromatic rings. The smallest absolute Gasteiger partial charge is 0.259 e. The van der Waals surface area contributed by atoms with E-state index >= 15 is 0 Å². The number of aliphatic hydroxyl groups is 1. The summed E-state index contributed by atoms with van der Waals surface area (Å²) in [5, 5.41) is 24.6. The van der Waals surface area contributed by atoms with E-state index in [0.717, 1.165) is 16.7 Å². The Morgan fingerprint density at radius 1 is 0.881 bits per heavy atom. The Labute approximate surface area is 345 Å². The van der Waals surface area contributed by atoms with E-state index in [1.807, 2.05) is 97.1 Å². The molecule has 7 rings (SSSR count). The fourth-order valence-electron chi connectivity index (χ4n) is 7.49. The Morgan fingerprint density at radius 3 is 1.98 bits per heavy atom. The van der Waals surface area contributed by atoms with E-state index < -0.39 is 38.7 Å². The van der Waals surface area contributed by atoms with Gasteiger partial charge in [0, 0.05) is 17.6 Å². The fourth-order valence-corrected chi connectivity index (χ4v) is 9.26. The first-order valence-corrected chi connectivity index (χ1v) is 20.8. The van der Waals surface area contributed by atoms with Crippen LogP contribution in [0.1, 0.15) is 67.4 Å². The maximum absolute atomic E-state index is 13.1. The molecule has 2 aromatic heterocycles. The van der Waals surface area contributed by atoms with Gasteiger partial charge in [0.1, 0.15) is 30.2 Å². The number of hydrogen-bond donors (Lipinski definition) is 2. The first-order valence-electron chi connectivity index (χ1n) is 19.7. The molecule has 2 N–H and O–H groups in total. The van der Waals surface area contributed by atoms with Crippen molar-refractivity contribution in [3.05, 3.63) is 156 Å². The summed E-state index contributed by atoms with van der Waals surface area (Å²) in [7, 11) is -1.81. The van der Waals surface area contributed by atoms with E-state index in [9.17, 15) is 15.2 Å². The maximum atomic E-state index is 13.1. The number of aromatic nitrogens is 4. The molecule has 0 radical (unpaired) electrons. The molecule has 1 fully saturated rings. The van der Waals surface area contributed by atoms with Crippen LogP contribution in [0.4, 0.5) is 5.82 Å². The zero-order chi connectivity index (χ0) is 41.4. The molecule has 5 atom stereocenters. The minimum absolute atomic E-state index is 0.00820. The number of fused-ring (bicyclic) bond motifs is 1.